The largest absolute Gasteiger partial charge is 0.354 e. The number of nitrogens with one attached hydrogen (secondary N) is 1. The van der Waals surface area contributed by atoms with E-state index in [0.717, 1.165) is 37.9 Å². The molecule has 0 aromatic rings. The van der Waals surface area contributed by atoms with Crippen LogP contribution in [0.25, 0.3) is 0 Å². The Morgan fingerprint density at radius 1 is 0.964 bits per heavy atom. The van der Waals surface area contributed by atoms with Crippen molar-refractivity contribution in [3.8, 4) is 0 Å². The van der Waals surface area contributed by atoms with Gasteiger partial charge in [-0.05, 0) is 46.0 Å². The molecule has 5 nitrogen and oxygen atoms in total. The Morgan fingerprint density at radius 3 is 2.11 bits per heavy atom. The number of hydrogen-bond acceptors (Lipinski definition) is 3. The van der Waals surface area contributed by atoms with Crippen molar-refractivity contribution < 1.29 is 8.37 Å². The first-order chi connectivity index (χ1) is 13.6. The number of rotatable bonds is 10. The molecule has 2 fully saturated rings. The molecule has 0 aromatic carbocycles. The molecule has 0 saturated heterocycles. The van der Waals surface area contributed by atoms with Gasteiger partial charge in [0.05, 0.1) is 19.3 Å². The maximum absolute atomic E-state index is 5.95. The van der Waals surface area contributed by atoms with Crippen LogP contribution in [0.3, 0.4) is 0 Å². The van der Waals surface area contributed by atoms with Gasteiger partial charge in [-0.3, -0.25) is 8.37 Å². The van der Waals surface area contributed by atoms with E-state index in [1.807, 2.05) is 0 Å². The Labute approximate surface area is 175 Å². The van der Waals surface area contributed by atoms with Crippen LogP contribution in [-0.4, -0.2) is 61.8 Å². The molecule has 0 atom stereocenters. The summed E-state index contributed by atoms with van der Waals surface area (Å²) in [7, 11) is 0.798. The summed E-state index contributed by atoms with van der Waals surface area (Å²) in [4.78, 5) is 7.54. The molecule has 166 valence electrons. The van der Waals surface area contributed by atoms with Gasteiger partial charge in [0.2, 0.25) is 0 Å². The molecule has 1 N–H and O–H groups in total. The van der Waals surface area contributed by atoms with Crippen molar-refractivity contribution in [2.75, 3.05) is 38.8 Å². The molecule has 0 aromatic heterocycles. The number of guanidine groups is 1. The second-order valence-corrected chi connectivity index (χ2v) is 11.2. The Hall–Kier alpha value is -0.460. The quantitative estimate of drug-likeness (QED) is 0.391. The van der Waals surface area contributed by atoms with Crippen molar-refractivity contribution in [1.29, 1.82) is 0 Å². The van der Waals surface area contributed by atoms with Gasteiger partial charge in [-0.1, -0.05) is 38.5 Å². The van der Waals surface area contributed by atoms with E-state index < -0.39 is 10.6 Å². The van der Waals surface area contributed by atoms with Crippen LogP contribution in [-0.2, 0) is 8.37 Å². The highest BCUT2D eigenvalue weighted by Gasteiger charge is 2.20. The number of hydrogen-bond donors (Lipinski definition) is 1. The van der Waals surface area contributed by atoms with Gasteiger partial charge >= 0.3 is 0 Å². The molecule has 0 heterocycles. The summed E-state index contributed by atoms with van der Waals surface area (Å²) < 4.78 is 11.9. The second kappa shape index (κ2) is 13.0. The minimum Gasteiger partial charge on any atom is -0.354 e. The zero-order chi connectivity index (χ0) is 20.2. The summed E-state index contributed by atoms with van der Waals surface area (Å²) >= 11 is 0. The van der Waals surface area contributed by atoms with E-state index in [1.165, 1.54) is 64.2 Å². The van der Waals surface area contributed by atoms with Crippen molar-refractivity contribution >= 4 is 16.5 Å². The lowest BCUT2D eigenvalue weighted by Crippen LogP contribution is -2.46. The number of aliphatic imine (C=N–C) groups is 1. The van der Waals surface area contributed by atoms with Gasteiger partial charge in [-0.25, -0.2) is 4.99 Å². The lowest BCUT2D eigenvalue weighted by atomic mass is 9.95. The second-order valence-electron chi connectivity index (χ2n) is 8.44. The molecule has 0 spiro atoms. The number of nitrogens with zero attached hydrogens (tertiary/aromatic N) is 2. The third-order valence-corrected chi connectivity index (χ3v) is 8.42. The topological polar surface area (TPSA) is 46.1 Å². The van der Waals surface area contributed by atoms with Gasteiger partial charge in [0.15, 0.2) is 5.96 Å². The molecule has 6 heteroatoms. The molecule has 0 amide bonds. The summed E-state index contributed by atoms with van der Waals surface area (Å²) in [6.45, 7) is 6.55. The van der Waals surface area contributed by atoms with E-state index in [0.29, 0.717) is 12.1 Å². The van der Waals surface area contributed by atoms with Crippen LogP contribution in [0.1, 0.15) is 84.5 Å². The van der Waals surface area contributed by atoms with Crippen LogP contribution >= 0.6 is 10.6 Å². The van der Waals surface area contributed by atoms with Gasteiger partial charge in [0, 0.05) is 31.6 Å². The molecule has 2 rings (SSSR count). The van der Waals surface area contributed by atoms with E-state index in [-0.39, 0.29) is 0 Å². The molecule has 2 aliphatic carbocycles. The summed E-state index contributed by atoms with van der Waals surface area (Å²) in [6.07, 6.45) is 16.4. The SMILES string of the molecule is CCOS(C)(CCCN(C)C(=NC1CCCCC1)NC1CCCCC1)OCC. The Bertz CT molecular complexity index is 443. The molecular weight excluding hydrogens is 370 g/mol. The first kappa shape index (κ1) is 23.8. The Morgan fingerprint density at radius 2 is 1.54 bits per heavy atom. The molecule has 0 bridgehead atoms. The van der Waals surface area contributed by atoms with Gasteiger partial charge in [0.25, 0.3) is 0 Å². The van der Waals surface area contributed by atoms with Crippen molar-refractivity contribution in [2.45, 2.75) is 96.6 Å². The minimum absolute atomic E-state index is 0.505. The fourth-order valence-electron chi connectivity index (χ4n) is 4.38. The van der Waals surface area contributed by atoms with Crippen molar-refractivity contribution in [3.05, 3.63) is 0 Å². The van der Waals surface area contributed by atoms with E-state index in [1.54, 1.807) is 0 Å². The fourth-order valence-corrected chi connectivity index (χ4v) is 6.33. The zero-order valence-corrected chi connectivity index (χ0v) is 19.7. The van der Waals surface area contributed by atoms with E-state index in [9.17, 15) is 0 Å². The third-order valence-electron chi connectivity index (χ3n) is 5.92. The van der Waals surface area contributed by atoms with Gasteiger partial charge in [0.1, 0.15) is 0 Å². The van der Waals surface area contributed by atoms with E-state index in [2.05, 4.69) is 37.4 Å². The van der Waals surface area contributed by atoms with Crippen molar-refractivity contribution in [2.24, 2.45) is 4.99 Å². The summed E-state index contributed by atoms with van der Waals surface area (Å²) in [5, 5.41) is 3.82. The van der Waals surface area contributed by atoms with Crippen LogP contribution in [0.15, 0.2) is 4.99 Å². The normalized spacial score (nSPS) is 20.9. The van der Waals surface area contributed by atoms with Crippen LogP contribution < -0.4 is 5.32 Å². The molecular formula is C22H45N3O2S. The van der Waals surface area contributed by atoms with Gasteiger partial charge in [-0.2, -0.15) is 10.6 Å². The highest BCUT2D eigenvalue weighted by Crippen LogP contribution is 2.46. The van der Waals surface area contributed by atoms with Gasteiger partial charge < -0.3 is 10.2 Å². The molecule has 0 unspecified atom stereocenters. The molecule has 0 radical (unpaired) electrons. The molecule has 0 aliphatic heterocycles. The van der Waals surface area contributed by atoms with Crippen molar-refractivity contribution in [3.63, 3.8) is 0 Å². The van der Waals surface area contributed by atoms with Gasteiger partial charge in [-0.15, -0.1) is 0 Å². The highest BCUT2D eigenvalue weighted by molar-refractivity contribution is 8.25. The summed E-state index contributed by atoms with van der Waals surface area (Å²) in [5.41, 5.74) is 0. The Kier molecular flexibility index (Phi) is 11.0. The van der Waals surface area contributed by atoms with E-state index >= 15 is 0 Å². The van der Waals surface area contributed by atoms with Crippen LogP contribution in [0.4, 0.5) is 0 Å². The van der Waals surface area contributed by atoms with Crippen LogP contribution in [0.5, 0.6) is 0 Å². The molecule has 28 heavy (non-hydrogen) atoms. The lowest BCUT2D eigenvalue weighted by molar-refractivity contribution is 0.278. The monoisotopic (exact) mass is 415 g/mol. The maximum Gasteiger partial charge on any atom is 0.194 e. The average molecular weight is 416 g/mol. The predicted octanol–water partition coefficient (Wildman–Crippen LogP) is 5.26. The highest BCUT2D eigenvalue weighted by atomic mass is 32.3. The lowest BCUT2D eigenvalue weighted by Gasteiger charge is -2.39. The summed E-state index contributed by atoms with van der Waals surface area (Å²) in [6, 6.07) is 1.10. The van der Waals surface area contributed by atoms with Crippen LogP contribution in [0.2, 0.25) is 0 Å². The summed E-state index contributed by atoms with van der Waals surface area (Å²) in [5.74, 6) is 2.11. The Balaban J connectivity index is 1.93. The predicted molar refractivity (Wildman–Crippen MR) is 123 cm³/mol. The first-order valence-corrected chi connectivity index (χ1v) is 13.7. The standard InChI is InChI=1S/C22H45N3O2S/c1-5-26-28(4,27-6-2)19-13-18-25(3)22(23-20-14-9-7-10-15-20)24-21-16-11-8-12-17-21/h20-21H,5-19H2,1-4H3,(H,23,24). The van der Waals surface area contributed by atoms with E-state index in [4.69, 9.17) is 13.4 Å². The zero-order valence-electron chi connectivity index (χ0n) is 18.9. The molecule has 2 aliphatic rings. The minimum atomic E-state index is -1.40. The molecule has 2 saturated carbocycles. The van der Waals surface area contributed by atoms with Crippen LogP contribution in [0, 0.1) is 0 Å². The fraction of sp³-hybridized carbons (Fsp3) is 0.955. The average Bonchev–Trinajstić information content (AvgIpc) is 2.69. The third kappa shape index (κ3) is 8.50. The first-order valence-electron chi connectivity index (χ1n) is 11.7. The maximum atomic E-state index is 5.95. The van der Waals surface area contributed by atoms with Crippen molar-refractivity contribution in [1.82, 2.24) is 10.2 Å². The smallest absolute Gasteiger partial charge is 0.194 e.